The Morgan fingerprint density at radius 2 is 2.02 bits per heavy atom. The molecular weight excluding hydrogens is 571 g/mol. The minimum atomic E-state index is -0.695. The van der Waals surface area contributed by atoms with Crippen LogP contribution in [0.3, 0.4) is 0 Å². The minimum absolute atomic E-state index is 0.00286. The fraction of sp³-hybridized carbons (Fsp3) is 0.344. The van der Waals surface area contributed by atoms with E-state index in [-0.39, 0.29) is 33.9 Å². The molecule has 1 saturated heterocycles. The summed E-state index contributed by atoms with van der Waals surface area (Å²) in [5.41, 5.74) is 1.72. The Morgan fingerprint density at radius 1 is 1.28 bits per heavy atom. The Balaban J connectivity index is 1.99. The number of rotatable bonds is 12. The van der Waals surface area contributed by atoms with Crippen molar-refractivity contribution < 1.29 is 19.0 Å². The predicted molar refractivity (Wildman–Crippen MR) is 171 cm³/mol. The lowest BCUT2D eigenvalue weighted by Gasteiger charge is -2.35. The summed E-state index contributed by atoms with van der Waals surface area (Å²) in [6.45, 7) is 9.62. The van der Waals surface area contributed by atoms with Crippen LogP contribution < -0.4 is 15.1 Å². The molecular formula is C32H38ClFN6O3. The third kappa shape index (κ3) is 6.98. The number of hydrogen-bond donors (Lipinski definition) is 2. The number of nitrogens with one attached hydrogen (secondary N) is 1. The number of amidine groups is 1. The highest BCUT2D eigenvalue weighted by molar-refractivity contribution is 6.33. The number of para-hydroxylation sites is 2. The van der Waals surface area contributed by atoms with Crippen LogP contribution in [-0.2, 0) is 9.53 Å². The van der Waals surface area contributed by atoms with Crippen molar-refractivity contribution >= 4 is 41.0 Å². The number of phenols is 1. The molecule has 0 radical (unpaired) electrons. The van der Waals surface area contributed by atoms with Crippen molar-refractivity contribution in [2.75, 3.05) is 63.3 Å². The molecule has 228 valence electrons. The number of phenolic OH excluding ortho intramolecular Hbond substituents is 1. The van der Waals surface area contributed by atoms with Gasteiger partial charge in [-0.1, -0.05) is 35.9 Å². The van der Waals surface area contributed by atoms with Crippen molar-refractivity contribution in [3.8, 4) is 17.0 Å². The van der Waals surface area contributed by atoms with Crippen molar-refractivity contribution in [2.24, 2.45) is 4.99 Å². The maximum absolute atomic E-state index is 15.1. The van der Waals surface area contributed by atoms with Crippen LogP contribution in [0.1, 0.15) is 18.9 Å². The van der Waals surface area contributed by atoms with E-state index in [4.69, 9.17) is 21.3 Å². The summed E-state index contributed by atoms with van der Waals surface area (Å²) in [5, 5.41) is 13.9. The molecule has 0 spiro atoms. The number of halogens is 2. The molecule has 4 rings (SSSR count). The Kier molecular flexibility index (Phi) is 11.1. The number of nitrogens with zero attached hydrogens (tertiary/aromatic N) is 5. The first-order valence-electron chi connectivity index (χ1n) is 14.2. The highest BCUT2D eigenvalue weighted by atomic mass is 35.5. The molecule has 2 aromatic carbocycles. The van der Waals surface area contributed by atoms with E-state index in [0.29, 0.717) is 69.3 Å². The molecule has 1 aromatic heterocycles. The number of hydrogen-bond acceptors (Lipinski definition) is 7. The van der Waals surface area contributed by atoms with Gasteiger partial charge in [0.05, 0.1) is 46.4 Å². The van der Waals surface area contributed by atoms with Crippen molar-refractivity contribution in [1.82, 2.24) is 15.2 Å². The molecule has 1 aliphatic rings. The van der Waals surface area contributed by atoms with E-state index >= 15 is 4.39 Å². The van der Waals surface area contributed by atoms with Crippen molar-refractivity contribution in [1.29, 1.82) is 0 Å². The molecule has 1 atom stereocenters. The maximum atomic E-state index is 15.1. The van der Waals surface area contributed by atoms with Gasteiger partial charge in [0.1, 0.15) is 17.4 Å². The van der Waals surface area contributed by atoms with Gasteiger partial charge < -0.3 is 25.0 Å². The number of carbonyl (C=O) groups is 1. The quantitative estimate of drug-likeness (QED) is 0.126. The van der Waals surface area contributed by atoms with Gasteiger partial charge in [0, 0.05) is 39.3 Å². The van der Waals surface area contributed by atoms with E-state index < -0.39 is 5.82 Å². The van der Waals surface area contributed by atoms with Crippen LogP contribution in [0.5, 0.6) is 5.75 Å². The summed E-state index contributed by atoms with van der Waals surface area (Å²) < 4.78 is 20.7. The second-order valence-electron chi connectivity index (χ2n) is 10.1. The Labute approximate surface area is 257 Å². The number of carbonyl (C=O) groups excluding carboxylic acids is 1. The molecule has 2 heterocycles. The van der Waals surface area contributed by atoms with Crippen LogP contribution in [0.25, 0.3) is 11.3 Å². The van der Waals surface area contributed by atoms with Gasteiger partial charge in [-0.15, -0.1) is 6.58 Å². The zero-order valence-corrected chi connectivity index (χ0v) is 25.5. The molecule has 1 amide bonds. The van der Waals surface area contributed by atoms with Crippen molar-refractivity contribution in [3.63, 3.8) is 0 Å². The van der Waals surface area contributed by atoms with Crippen LogP contribution >= 0.6 is 11.6 Å². The number of benzene rings is 2. The molecule has 1 fully saturated rings. The molecule has 1 unspecified atom stereocenters. The topological polar surface area (TPSA) is 93.5 Å². The van der Waals surface area contributed by atoms with E-state index in [9.17, 15) is 9.90 Å². The number of aliphatic imine (C=N–C) groups is 1. The molecule has 1 aliphatic heterocycles. The summed E-state index contributed by atoms with van der Waals surface area (Å²) in [7, 11) is 3.55. The number of aromatic hydroxyl groups is 1. The molecule has 3 aromatic rings. The maximum Gasteiger partial charge on any atom is 0.219 e. The Morgan fingerprint density at radius 3 is 2.67 bits per heavy atom. The second kappa shape index (κ2) is 15.0. The highest BCUT2D eigenvalue weighted by Gasteiger charge is 2.29. The first-order chi connectivity index (χ1) is 20.9. The van der Waals surface area contributed by atoms with Crippen molar-refractivity contribution in [2.45, 2.75) is 19.4 Å². The van der Waals surface area contributed by atoms with Crippen LogP contribution in [0.2, 0.25) is 5.02 Å². The van der Waals surface area contributed by atoms with Gasteiger partial charge >= 0.3 is 0 Å². The van der Waals surface area contributed by atoms with Crippen LogP contribution in [0.15, 0.2) is 66.2 Å². The number of pyridine rings is 1. The fourth-order valence-corrected chi connectivity index (χ4v) is 5.53. The first kappa shape index (κ1) is 31.9. The molecule has 43 heavy (non-hydrogen) atoms. The zero-order chi connectivity index (χ0) is 30.9. The van der Waals surface area contributed by atoms with Crippen LogP contribution in [0, 0.1) is 5.82 Å². The SMILES string of the molecule is C=CCCN(/C(=N/C)c1cc(Cl)c(-c2c(O)cccc2F)nc1N(C=O)c1ccccc1N1CCOCC1)C(C)CNC. The summed E-state index contributed by atoms with van der Waals surface area (Å²) in [5.74, 6) is -0.272. The number of anilines is 3. The lowest BCUT2D eigenvalue weighted by atomic mass is 10.1. The molecule has 2 N–H and O–H groups in total. The number of amides is 1. The van der Waals surface area contributed by atoms with Gasteiger partial charge in [-0.25, -0.2) is 9.37 Å². The summed E-state index contributed by atoms with van der Waals surface area (Å²) in [4.78, 5) is 28.2. The lowest BCUT2D eigenvalue weighted by molar-refractivity contribution is -0.106. The summed E-state index contributed by atoms with van der Waals surface area (Å²) in [6.07, 6.45) is 3.20. The first-order valence-corrected chi connectivity index (χ1v) is 14.6. The van der Waals surface area contributed by atoms with E-state index in [1.165, 1.54) is 23.1 Å². The Bertz CT molecular complexity index is 1440. The highest BCUT2D eigenvalue weighted by Crippen LogP contribution is 2.41. The Hall–Kier alpha value is -3.99. The molecule has 0 bridgehead atoms. The van der Waals surface area contributed by atoms with Crippen molar-refractivity contribution in [3.05, 3.63) is 77.6 Å². The third-order valence-electron chi connectivity index (χ3n) is 7.34. The second-order valence-corrected chi connectivity index (χ2v) is 10.5. The molecule has 11 heteroatoms. The average Bonchev–Trinajstić information content (AvgIpc) is 3.01. The number of aromatic nitrogens is 1. The van der Waals surface area contributed by atoms with Crippen LogP contribution in [-0.4, -0.2) is 86.8 Å². The summed E-state index contributed by atoms with van der Waals surface area (Å²) in [6, 6.07) is 13.1. The van der Waals surface area contributed by atoms with E-state index in [0.717, 1.165) is 5.69 Å². The number of likely N-dealkylation sites (N-methyl/N-ethyl adjacent to an activating group) is 1. The molecule has 9 nitrogen and oxygen atoms in total. The van der Waals surface area contributed by atoms with Gasteiger partial charge in [-0.3, -0.25) is 14.7 Å². The molecule has 0 aliphatic carbocycles. The van der Waals surface area contributed by atoms with E-state index in [1.807, 2.05) is 37.4 Å². The normalized spacial score (nSPS) is 14.3. The predicted octanol–water partition coefficient (Wildman–Crippen LogP) is 5.24. The van der Waals surface area contributed by atoms with Gasteiger partial charge in [-0.05, 0) is 50.7 Å². The third-order valence-corrected chi connectivity index (χ3v) is 7.63. The van der Waals surface area contributed by atoms with Gasteiger partial charge in [0.2, 0.25) is 6.41 Å². The summed E-state index contributed by atoms with van der Waals surface area (Å²) >= 11 is 6.81. The fourth-order valence-electron chi connectivity index (χ4n) is 5.28. The molecule has 0 saturated carbocycles. The number of ether oxygens (including phenoxy) is 1. The minimum Gasteiger partial charge on any atom is -0.507 e. The largest absolute Gasteiger partial charge is 0.507 e. The smallest absolute Gasteiger partial charge is 0.219 e. The lowest BCUT2D eigenvalue weighted by Crippen LogP contribution is -2.45. The van der Waals surface area contributed by atoms with Gasteiger partial charge in [0.25, 0.3) is 0 Å². The van der Waals surface area contributed by atoms with Gasteiger partial charge in [0.15, 0.2) is 5.82 Å². The average molecular weight is 609 g/mol. The standard InChI is InChI=1S/C32H38ClFN6O3/c1-5-6-14-39(22(2)20-35-3)31(36-4)23-19-24(33)30(29-25(34)10-9-13-28(29)42)37-32(23)40(21-41)27-12-8-7-11-26(27)38-15-17-43-18-16-38/h5,7-13,19,21-22,35,42H,1,6,14-18,20H2,2-4H3/b36-31+. The van der Waals surface area contributed by atoms with E-state index in [1.54, 1.807) is 13.1 Å². The monoisotopic (exact) mass is 608 g/mol. The van der Waals surface area contributed by atoms with E-state index in [2.05, 4.69) is 33.6 Å². The van der Waals surface area contributed by atoms with Gasteiger partial charge in [-0.2, -0.15) is 0 Å². The number of morpholine rings is 1. The zero-order valence-electron chi connectivity index (χ0n) is 24.8. The van der Waals surface area contributed by atoms with Crippen LogP contribution in [0.4, 0.5) is 21.6 Å².